The summed E-state index contributed by atoms with van der Waals surface area (Å²) < 4.78 is 16.3. The minimum atomic E-state index is -0.459. The molecule has 1 heterocycles. The van der Waals surface area contributed by atoms with Gasteiger partial charge in [0.25, 0.3) is 0 Å². The molecule has 1 atom stereocenters. The van der Waals surface area contributed by atoms with E-state index in [4.69, 9.17) is 14.2 Å². The Morgan fingerprint density at radius 3 is 2.90 bits per heavy atom. The lowest BCUT2D eigenvalue weighted by molar-refractivity contribution is -0.00549. The predicted octanol–water partition coefficient (Wildman–Crippen LogP) is 1.82. The second kappa shape index (κ2) is 7.11. The summed E-state index contributed by atoms with van der Waals surface area (Å²) in [6.45, 7) is 1.93. The molecule has 116 valence electrons. The van der Waals surface area contributed by atoms with Crippen LogP contribution >= 0.6 is 0 Å². The molecule has 1 aromatic rings. The zero-order valence-electron chi connectivity index (χ0n) is 12.2. The maximum absolute atomic E-state index is 9.91. The van der Waals surface area contributed by atoms with Gasteiger partial charge in [0.2, 0.25) is 6.79 Å². The Morgan fingerprint density at radius 2 is 2.05 bits per heavy atom. The molecule has 2 N–H and O–H groups in total. The third-order valence-electron chi connectivity index (χ3n) is 3.97. The van der Waals surface area contributed by atoms with E-state index >= 15 is 0 Å². The Balaban J connectivity index is 1.35. The summed E-state index contributed by atoms with van der Waals surface area (Å²) in [5, 5.41) is 13.2. The maximum atomic E-state index is 9.91. The van der Waals surface area contributed by atoms with Crippen LogP contribution in [-0.2, 0) is 11.3 Å². The van der Waals surface area contributed by atoms with Crippen LogP contribution in [0.5, 0.6) is 11.5 Å². The Labute approximate surface area is 125 Å². The average molecular weight is 293 g/mol. The van der Waals surface area contributed by atoms with Gasteiger partial charge in [-0.1, -0.05) is 18.9 Å². The van der Waals surface area contributed by atoms with Gasteiger partial charge >= 0.3 is 0 Å². The largest absolute Gasteiger partial charge is 0.454 e. The van der Waals surface area contributed by atoms with E-state index in [9.17, 15) is 5.11 Å². The lowest BCUT2D eigenvalue weighted by atomic mass is 10.2. The third kappa shape index (κ3) is 4.09. The number of nitrogens with one attached hydrogen (secondary N) is 1. The van der Waals surface area contributed by atoms with Gasteiger partial charge in [-0.25, -0.2) is 0 Å². The van der Waals surface area contributed by atoms with E-state index in [1.807, 2.05) is 18.2 Å². The summed E-state index contributed by atoms with van der Waals surface area (Å²) in [5.41, 5.74) is 1.11. The molecule has 5 nitrogen and oxygen atoms in total. The van der Waals surface area contributed by atoms with E-state index in [-0.39, 0.29) is 0 Å². The molecule has 0 spiro atoms. The molecule has 3 rings (SSSR count). The third-order valence-corrected chi connectivity index (χ3v) is 3.97. The van der Waals surface area contributed by atoms with Crippen molar-refractivity contribution in [2.24, 2.45) is 0 Å². The smallest absolute Gasteiger partial charge is 0.231 e. The molecule has 1 unspecified atom stereocenters. The second-order valence-corrected chi connectivity index (χ2v) is 5.71. The van der Waals surface area contributed by atoms with Crippen LogP contribution in [0.2, 0.25) is 0 Å². The highest BCUT2D eigenvalue weighted by Gasteiger charge is 2.17. The highest BCUT2D eigenvalue weighted by atomic mass is 16.7. The molecule has 0 saturated heterocycles. The molecule has 1 fully saturated rings. The summed E-state index contributed by atoms with van der Waals surface area (Å²) in [7, 11) is 0. The van der Waals surface area contributed by atoms with E-state index in [1.54, 1.807) is 0 Å². The highest BCUT2D eigenvalue weighted by Crippen LogP contribution is 2.32. The van der Waals surface area contributed by atoms with Crippen LogP contribution in [0, 0.1) is 0 Å². The van der Waals surface area contributed by atoms with Gasteiger partial charge in [-0.2, -0.15) is 0 Å². The van der Waals surface area contributed by atoms with Crippen molar-refractivity contribution < 1.29 is 19.3 Å². The lowest BCUT2D eigenvalue weighted by Crippen LogP contribution is -2.31. The molecular formula is C16H23NO4. The van der Waals surface area contributed by atoms with E-state index in [2.05, 4.69) is 5.32 Å². The number of hydrogen-bond acceptors (Lipinski definition) is 5. The summed E-state index contributed by atoms with van der Waals surface area (Å²) in [6.07, 6.45) is 4.68. The molecule has 1 aliphatic carbocycles. The van der Waals surface area contributed by atoms with Gasteiger partial charge in [-0.05, 0) is 30.5 Å². The number of fused-ring (bicyclic) bond motifs is 1. The van der Waals surface area contributed by atoms with Crippen LogP contribution in [0.3, 0.4) is 0 Å². The van der Waals surface area contributed by atoms with Crippen molar-refractivity contribution in [1.29, 1.82) is 0 Å². The van der Waals surface area contributed by atoms with Crippen molar-refractivity contribution >= 4 is 0 Å². The van der Waals surface area contributed by atoms with E-state index in [0.717, 1.165) is 29.9 Å². The summed E-state index contributed by atoms with van der Waals surface area (Å²) in [6, 6.07) is 5.89. The molecule has 1 saturated carbocycles. The lowest BCUT2D eigenvalue weighted by Gasteiger charge is -2.16. The fraction of sp³-hybridized carbons (Fsp3) is 0.625. The topological polar surface area (TPSA) is 60.0 Å². The summed E-state index contributed by atoms with van der Waals surface area (Å²) in [4.78, 5) is 0. The standard InChI is InChI=1S/C16H23NO4/c18-13(10-19-14-3-1-2-4-14)9-17-8-12-5-6-15-16(7-12)21-11-20-15/h5-7,13-14,17-18H,1-4,8-11H2. The molecule has 5 heteroatoms. The quantitative estimate of drug-likeness (QED) is 0.803. The fourth-order valence-electron chi connectivity index (χ4n) is 2.80. The molecule has 0 aromatic heterocycles. The number of aliphatic hydroxyl groups excluding tert-OH is 1. The Morgan fingerprint density at radius 1 is 1.24 bits per heavy atom. The molecule has 0 bridgehead atoms. The van der Waals surface area contributed by atoms with Crippen LogP contribution in [0.1, 0.15) is 31.2 Å². The number of hydrogen-bond donors (Lipinski definition) is 2. The molecule has 1 aliphatic heterocycles. The Hall–Kier alpha value is -1.30. The first-order valence-corrected chi connectivity index (χ1v) is 7.70. The van der Waals surface area contributed by atoms with Crippen LogP contribution in [-0.4, -0.2) is 37.3 Å². The number of ether oxygens (including phenoxy) is 3. The van der Waals surface area contributed by atoms with Crippen molar-refractivity contribution in [2.45, 2.75) is 44.4 Å². The number of aliphatic hydroxyl groups is 1. The van der Waals surface area contributed by atoms with Gasteiger partial charge in [-0.3, -0.25) is 0 Å². The van der Waals surface area contributed by atoms with Gasteiger partial charge in [0.15, 0.2) is 11.5 Å². The van der Waals surface area contributed by atoms with E-state index in [0.29, 0.717) is 32.6 Å². The molecule has 0 amide bonds. The monoisotopic (exact) mass is 293 g/mol. The predicted molar refractivity (Wildman–Crippen MR) is 78.5 cm³/mol. The van der Waals surface area contributed by atoms with Crippen LogP contribution < -0.4 is 14.8 Å². The Bertz CT molecular complexity index is 460. The molecular weight excluding hydrogens is 270 g/mol. The average Bonchev–Trinajstić information content (AvgIpc) is 3.16. The van der Waals surface area contributed by atoms with Gasteiger partial charge < -0.3 is 24.6 Å². The van der Waals surface area contributed by atoms with E-state index in [1.165, 1.54) is 12.8 Å². The zero-order chi connectivity index (χ0) is 14.5. The normalized spacial score (nSPS) is 19.1. The molecule has 0 radical (unpaired) electrons. The fourth-order valence-corrected chi connectivity index (χ4v) is 2.80. The van der Waals surface area contributed by atoms with Gasteiger partial charge in [-0.15, -0.1) is 0 Å². The van der Waals surface area contributed by atoms with Gasteiger partial charge in [0.1, 0.15) is 0 Å². The van der Waals surface area contributed by atoms with Crippen LogP contribution in [0.25, 0.3) is 0 Å². The van der Waals surface area contributed by atoms with Crippen LogP contribution in [0.4, 0.5) is 0 Å². The summed E-state index contributed by atoms with van der Waals surface area (Å²) >= 11 is 0. The summed E-state index contributed by atoms with van der Waals surface area (Å²) in [5.74, 6) is 1.59. The maximum Gasteiger partial charge on any atom is 0.231 e. The molecule has 21 heavy (non-hydrogen) atoms. The second-order valence-electron chi connectivity index (χ2n) is 5.71. The number of rotatable bonds is 7. The van der Waals surface area contributed by atoms with Crippen molar-refractivity contribution in [1.82, 2.24) is 5.32 Å². The first kappa shape index (κ1) is 14.6. The SMILES string of the molecule is OC(CNCc1ccc2c(c1)OCO2)COC1CCCC1. The highest BCUT2D eigenvalue weighted by molar-refractivity contribution is 5.44. The minimum Gasteiger partial charge on any atom is -0.454 e. The minimum absolute atomic E-state index is 0.295. The first-order valence-electron chi connectivity index (χ1n) is 7.70. The van der Waals surface area contributed by atoms with E-state index < -0.39 is 6.10 Å². The molecule has 2 aliphatic rings. The van der Waals surface area contributed by atoms with Gasteiger partial charge in [0.05, 0.1) is 18.8 Å². The van der Waals surface area contributed by atoms with Crippen molar-refractivity contribution in [3.63, 3.8) is 0 Å². The van der Waals surface area contributed by atoms with Crippen molar-refractivity contribution in [2.75, 3.05) is 19.9 Å². The van der Waals surface area contributed by atoms with Crippen LogP contribution in [0.15, 0.2) is 18.2 Å². The van der Waals surface area contributed by atoms with Crippen molar-refractivity contribution in [3.05, 3.63) is 23.8 Å². The molecule has 1 aromatic carbocycles. The first-order chi connectivity index (χ1) is 10.3. The number of benzene rings is 1. The Kier molecular flexibility index (Phi) is 4.95. The zero-order valence-corrected chi connectivity index (χ0v) is 12.2. The van der Waals surface area contributed by atoms with Gasteiger partial charge in [0, 0.05) is 13.1 Å². The van der Waals surface area contributed by atoms with Crippen molar-refractivity contribution in [3.8, 4) is 11.5 Å².